The molecule has 0 aliphatic carbocycles. The third-order valence-corrected chi connectivity index (χ3v) is 4.95. The Morgan fingerprint density at radius 3 is 1.32 bits per heavy atom. The molecule has 0 saturated carbocycles. The van der Waals surface area contributed by atoms with Gasteiger partial charge in [0.15, 0.2) is 0 Å². The number of hydrogen-bond donors (Lipinski definition) is 0. The van der Waals surface area contributed by atoms with E-state index >= 15 is 0 Å². The smallest absolute Gasteiger partial charge is 0.0784 e. The van der Waals surface area contributed by atoms with Crippen LogP contribution < -0.4 is 17.0 Å². The van der Waals surface area contributed by atoms with Gasteiger partial charge < -0.3 is 21.5 Å². The van der Waals surface area contributed by atoms with Crippen molar-refractivity contribution in [3.05, 3.63) is 0 Å². The van der Waals surface area contributed by atoms with Crippen molar-refractivity contribution in [2.75, 3.05) is 32.6 Å². The molecular weight excluding hydrogens is 358 g/mol. The topological polar surface area (TPSA) is 0 Å². The molecule has 0 aromatic carbocycles. The van der Waals surface area contributed by atoms with Crippen molar-refractivity contribution in [2.45, 2.75) is 90.9 Å². The fourth-order valence-corrected chi connectivity index (χ4v) is 3.31. The van der Waals surface area contributed by atoms with Crippen LogP contribution in [0, 0.1) is 0 Å². The Hall–Kier alpha value is 0.730. The predicted octanol–water partition coefficient (Wildman–Crippen LogP) is 3.40. The van der Waals surface area contributed by atoms with Crippen LogP contribution in [0.5, 0.6) is 0 Å². The first-order valence-electron chi connectivity index (χ1n) is 9.58. The van der Waals surface area contributed by atoms with E-state index in [0.717, 1.165) is 5.88 Å². The summed E-state index contributed by atoms with van der Waals surface area (Å²) >= 11 is 5.85. The van der Waals surface area contributed by atoms with Gasteiger partial charge >= 0.3 is 0 Å². The Morgan fingerprint density at radius 1 is 0.591 bits per heavy atom. The van der Waals surface area contributed by atoms with Crippen molar-refractivity contribution in [2.24, 2.45) is 0 Å². The monoisotopic (exact) mass is 397 g/mol. The number of halogens is 2. The molecule has 0 aromatic heterocycles. The van der Waals surface area contributed by atoms with Crippen LogP contribution in [0.3, 0.4) is 0 Å². The summed E-state index contributed by atoms with van der Waals surface area (Å²) in [5.74, 6) is 0.826. The zero-order valence-electron chi connectivity index (χ0n) is 15.5. The van der Waals surface area contributed by atoms with Crippen molar-refractivity contribution in [3.63, 3.8) is 0 Å². The van der Waals surface area contributed by atoms with Gasteiger partial charge in [0.2, 0.25) is 0 Å². The molecule has 0 radical (unpaired) electrons. The van der Waals surface area contributed by atoms with E-state index in [1.54, 1.807) is 0 Å². The zero-order chi connectivity index (χ0) is 15.8. The molecule has 22 heavy (non-hydrogen) atoms. The predicted molar refractivity (Wildman–Crippen MR) is 98.3 cm³/mol. The number of hydrogen-bond acceptors (Lipinski definition) is 0. The fraction of sp³-hybridized carbons (Fsp3) is 1.00. The second kappa shape index (κ2) is 18.1. The molecule has 0 saturated heterocycles. The van der Waals surface area contributed by atoms with Crippen molar-refractivity contribution >= 4 is 11.6 Å². The average molecular weight is 399 g/mol. The number of nitrogens with zero attached hydrogens (tertiary/aromatic N) is 1. The van der Waals surface area contributed by atoms with Crippen LogP contribution in [0.1, 0.15) is 90.9 Å². The average Bonchev–Trinajstić information content (AvgIpc) is 2.47. The van der Waals surface area contributed by atoms with Crippen LogP contribution in [0.4, 0.5) is 0 Å². The van der Waals surface area contributed by atoms with E-state index in [1.807, 2.05) is 0 Å². The van der Waals surface area contributed by atoms with Gasteiger partial charge in [-0.25, -0.2) is 0 Å². The third kappa shape index (κ3) is 15.6. The Kier molecular flexibility index (Phi) is 20.5. The van der Waals surface area contributed by atoms with E-state index in [-0.39, 0.29) is 17.0 Å². The summed E-state index contributed by atoms with van der Waals surface area (Å²) in [7, 11) is 2.48. The standard InChI is InChI=1S/C19H41ClN.BrH/c1-4-6-8-10-13-17-21(3,19-15-12-16-20)18-14-11-9-7-5-2;/h4-19H2,1-3H3;1H/q+1;/p-1. The van der Waals surface area contributed by atoms with Crippen LogP contribution in [0.2, 0.25) is 0 Å². The maximum absolute atomic E-state index is 5.85. The Bertz CT molecular complexity index is 198. The summed E-state index contributed by atoms with van der Waals surface area (Å²) in [5, 5.41) is 0. The first-order valence-corrected chi connectivity index (χ1v) is 10.1. The Labute approximate surface area is 156 Å². The maximum atomic E-state index is 5.85. The first kappa shape index (κ1) is 25.0. The van der Waals surface area contributed by atoms with Gasteiger partial charge in [-0.05, 0) is 38.5 Å². The molecule has 0 atom stereocenters. The lowest BCUT2D eigenvalue weighted by molar-refractivity contribution is -0.910. The van der Waals surface area contributed by atoms with Crippen LogP contribution in [-0.2, 0) is 0 Å². The molecule has 0 fully saturated rings. The van der Waals surface area contributed by atoms with Gasteiger partial charge in [0, 0.05) is 5.88 Å². The molecule has 0 unspecified atom stereocenters. The highest BCUT2D eigenvalue weighted by Gasteiger charge is 2.19. The summed E-state index contributed by atoms with van der Waals surface area (Å²) in [4.78, 5) is 0. The molecule has 0 spiro atoms. The molecule has 0 bridgehead atoms. The largest absolute Gasteiger partial charge is 1.00 e. The van der Waals surface area contributed by atoms with Gasteiger partial charge in [0.1, 0.15) is 0 Å². The molecule has 0 amide bonds. The van der Waals surface area contributed by atoms with E-state index < -0.39 is 0 Å². The van der Waals surface area contributed by atoms with Gasteiger partial charge in [0.25, 0.3) is 0 Å². The number of rotatable bonds is 16. The van der Waals surface area contributed by atoms with Crippen LogP contribution in [0.15, 0.2) is 0 Å². The second-order valence-corrected chi connectivity index (χ2v) is 7.39. The molecule has 0 aromatic rings. The SMILES string of the molecule is CCCCCCC[N+](C)(CCCCCl)CCCCCCC.[Br-]. The lowest BCUT2D eigenvalue weighted by Gasteiger charge is -2.35. The number of alkyl halides is 1. The van der Waals surface area contributed by atoms with Gasteiger partial charge in [-0.2, -0.15) is 0 Å². The van der Waals surface area contributed by atoms with Gasteiger partial charge in [-0.15, -0.1) is 11.6 Å². The molecule has 0 aliphatic heterocycles. The highest BCUT2D eigenvalue weighted by molar-refractivity contribution is 6.17. The zero-order valence-corrected chi connectivity index (χ0v) is 17.9. The summed E-state index contributed by atoms with van der Waals surface area (Å²) in [6.45, 7) is 8.67. The van der Waals surface area contributed by atoms with Crippen molar-refractivity contribution < 1.29 is 21.5 Å². The lowest BCUT2D eigenvalue weighted by Crippen LogP contribution is -3.00. The quantitative estimate of drug-likeness (QED) is 0.212. The normalized spacial score (nSPS) is 11.5. The highest BCUT2D eigenvalue weighted by atomic mass is 79.9. The van der Waals surface area contributed by atoms with Crippen molar-refractivity contribution in [1.82, 2.24) is 0 Å². The van der Waals surface area contributed by atoms with E-state index in [9.17, 15) is 0 Å². The summed E-state index contributed by atoms with van der Waals surface area (Å²) in [5.41, 5.74) is 0. The lowest BCUT2D eigenvalue weighted by atomic mass is 10.1. The van der Waals surface area contributed by atoms with Crippen LogP contribution in [0.25, 0.3) is 0 Å². The van der Waals surface area contributed by atoms with Crippen molar-refractivity contribution in [3.8, 4) is 0 Å². The van der Waals surface area contributed by atoms with Crippen LogP contribution >= 0.6 is 11.6 Å². The molecule has 0 N–H and O–H groups in total. The van der Waals surface area contributed by atoms with Crippen molar-refractivity contribution in [1.29, 1.82) is 0 Å². The van der Waals surface area contributed by atoms with Gasteiger partial charge in [0.05, 0.1) is 26.7 Å². The highest BCUT2D eigenvalue weighted by Crippen LogP contribution is 2.14. The summed E-state index contributed by atoms with van der Waals surface area (Å²) < 4.78 is 1.29. The molecule has 0 aliphatic rings. The number of unbranched alkanes of at least 4 members (excludes halogenated alkanes) is 9. The summed E-state index contributed by atoms with van der Waals surface area (Å²) in [6.07, 6.45) is 16.5. The fourth-order valence-electron chi connectivity index (χ4n) is 3.12. The van der Waals surface area contributed by atoms with E-state index in [0.29, 0.717) is 0 Å². The number of quaternary nitrogens is 1. The van der Waals surface area contributed by atoms with E-state index in [4.69, 9.17) is 11.6 Å². The Morgan fingerprint density at radius 2 is 0.955 bits per heavy atom. The first-order chi connectivity index (χ1) is 10.2. The summed E-state index contributed by atoms with van der Waals surface area (Å²) in [6, 6.07) is 0. The van der Waals surface area contributed by atoms with E-state index in [1.165, 1.54) is 101 Å². The van der Waals surface area contributed by atoms with Gasteiger partial charge in [-0.1, -0.05) is 52.4 Å². The molecule has 3 heteroatoms. The maximum Gasteiger partial charge on any atom is 0.0784 e. The molecular formula is C19H41BrClN. The molecule has 1 nitrogen and oxygen atoms in total. The Balaban J connectivity index is 0. The minimum Gasteiger partial charge on any atom is -1.00 e. The third-order valence-electron chi connectivity index (χ3n) is 4.68. The molecule has 136 valence electrons. The molecule has 0 heterocycles. The minimum absolute atomic E-state index is 0. The van der Waals surface area contributed by atoms with Crippen LogP contribution in [-0.4, -0.2) is 37.0 Å². The minimum atomic E-state index is 0. The molecule has 0 rings (SSSR count). The van der Waals surface area contributed by atoms with Gasteiger partial charge in [-0.3, -0.25) is 0 Å². The second-order valence-electron chi connectivity index (χ2n) is 7.01. The van der Waals surface area contributed by atoms with E-state index in [2.05, 4.69) is 20.9 Å².